The summed E-state index contributed by atoms with van der Waals surface area (Å²) in [6.45, 7) is 0. The van der Waals surface area contributed by atoms with Crippen LogP contribution in [0.25, 0.3) is 0 Å². The van der Waals surface area contributed by atoms with Crippen molar-refractivity contribution in [3.05, 3.63) is 58.0 Å². The SMILES string of the molecule is CNC(c1ccoc1)c1ccc(Cl)cc1Cl. The van der Waals surface area contributed by atoms with Crippen molar-refractivity contribution in [3.8, 4) is 0 Å². The van der Waals surface area contributed by atoms with Gasteiger partial charge < -0.3 is 9.73 Å². The molecule has 0 amide bonds. The van der Waals surface area contributed by atoms with Gasteiger partial charge in [0.1, 0.15) is 0 Å². The lowest BCUT2D eigenvalue weighted by Crippen LogP contribution is -2.17. The van der Waals surface area contributed by atoms with E-state index in [4.69, 9.17) is 27.6 Å². The van der Waals surface area contributed by atoms with E-state index in [9.17, 15) is 0 Å². The third kappa shape index (κ3) is 2.24. The number of hydrogen-bond acceptors (Lipinski definition) is 2. The molecule has 0 aliphatic rings. The monoisotopic (exact) mass is 255 g/mol. The van der Waals surface area contributed by atoms with Crippen LogP contribution in [0.3, 0.4) is 0 Å². The highest BCUT2D eigenvalue weighted by Gasteiger charge is 2.16. The highest BCUT2D eigenvalue weighted by molar-refractivity contribution is 6.35. The molecule has 84 valence electrons. The van der Waals surface area contributed by atoms with Crippen LogP contribution in [0.5, 0.6) is 0 Å². The Bertz CT molecular complexity index is 468. The molecular formula is C12H11Cl2NO. The molecule has 1 aromatic carbocycles. The first kappa shape index (κ1) is 11.5. The van der Waals surface area contributed by atoms with Gasteiger partial charge in [-0.15, -0.1) is 0 Å². The summed E-state index contributed by atoms with van der Waals surface area (Å²) in [5.41, 5.74) is 2.02. The maximum atomic E-state index is 6.16. The van der Waals surface area contributed by atoms with Gasteiger partial charge in [0.25, 0.3) is 0 Å². The fraction of sp³-hybridized carbons (Fsp3) is 0.167. The molecule has 1 N–H and O–H groups in total. The number of rotatable bonds is 3. The molecule has 2 aromatic rings. The first-order valence-electron chi connectivity index (χ1n) is 4.86. The maximum Gasteiger partial charge on any atom is 0.0953 e. The zero-order valence-corrected chi connectivity index (χ0v) is 10.2. The summed E-state index contributed by atoms with van der Waals surface area (Å²) in [5, 5.41) is 4.47. The van der Waals surface area contributed by atoms with Crippen molar-refractivity contribution in [1.82, 2.24) is 5.32 Å². The van der Waals surface area contributed by atoms with E-state index < -0.39 is 0 Å². The van der Waals surface area contributed by atoms with Gasteiger partial charge in [0.05, 0.1) is 18.6 Å². The van der Waals surface area contributed by atoms with Crippen LogP contribution in [0.4, 0.5) is 0 Å². The van der Waals surface area contributed by atoms with Crippen LogP contribution in [0.15, 0.2) is 41.2 Å². The van der Waals surface area contributed by atoms with Crippen LogP contribution in [0.1, 0.15) is 17.2 Å². The molecule has 0 aliphatic carbocycles. The molecule has 2 rings (SSSR count). The molecule has 16 heavy (non-hydrogen) atoms. The predicted octanol–water partition coefficient (Wildman–Crippen LogP) is 3.90. The van der Waals surface area contributed by atoms with Gasteiger partial charge in [-0.3, -0.25) is 0 Å². The van der Waals surface area contributed by atoms with Gasteiger partial charge in [-0.1, -0.05) is 29.3 Å². The fourth-order valence-electron chi connectivity index (χ4n) is 1.68. The summed E-state index contributed by atoms with van der Waals surface area (Å²) < 4.78 is 5.07. The summed E-state index contributed by atoms with van der Waals surface area (Å²) in [4.78, 5) is 0. The summed E-state index contributed by atoms with van der Waals surface area (Å²) in [6, 6.07) is 7.41. The average molecular weight is 256 g/mol. The molecule has 0 aliphatic heterocycles. The molecule has 0 saturated carbocycles. The first-order chi connectivity index (χ1) is 7.72. The quantitative estimate of drug-likeness (QED) is 0.901. The van der Waals surface area contributed by atoms with Crippen molar-refractivity contribution in [3.63, 3.8) is 0 Å². The van der Waals surface area contributed by atoms with Crippen LogP contribution in [-0.2, 0) is 0 Å². The number of benzene rings is 1. The molecule has 0 radical (unpaired) electrons. The molecular weight excluding hydrogens is 245 g/mol. The van der Waals surface area contributed by atoms with E-state index in [1.807, 2.05) is 25.2 Å². The number of furan rings is 1. The summed E-state index contributed by atoms with van der Waals surface area (Å²) in [6.07, 6.45) is 3.34. The molecule has 1 atom stereocenters. The van der Waals surface area contributed by atoms with E-state index in [1.165, 1.54) is 0 Å². The molecule has 1 heterocycles. The first-order valence-corrected chi connectivity index (χ1v) is 5.62. The van der Waals surface area contributed by atoms with Crippen LogP contribution in [0, 0.1) is 0 Å². The molecule has 1 unspecified atom stereocenters. The highest BCUT2D eigenvalue weighted by Crippen LogP contribution is 2.30. The van der Waals surface area contributed by atoms with Crippen molar-refractivity contribution >= 4 is 23.2 Å². The Balaban J connectivity index is 2.41. The smallest absolute Gasteiger partial charge is 0.0953 e. The summed E-state index contributed by atoms with van der Waals surface area (Å²) >= 11 is 12.0. The second-order valence-electron chi connectivity index (χ2n) is 3.44. The number of nitrogens with one attached hydrogen (secondary N) is 1. The fourth-order valence-corrected chi connectivity index (χ4v) is 2.19. The van der Waals surface area contributed by atoms with Gasteiger partial charge in [-0.05, 0) is 30.8 Å². The minimum absolute atomic E-state index is 0.0171. The molecule has 0 bridgehead atoms. The second kappa shape index (κ2) is 4.91. The van der Waals surface area contributed by atoms with Crippen LogP contribution in [0.2, 0.25) is 10.0 Å². The molecule has 4 heteroatoms. The third-order valence-corrected chi connectivity index (χ3v) is 3.00. The van der Waals surface area contributed by atoms with Gasteiger partial charge in [0, 0.05) is 15.6 Å². The van der Waals surface area contributed by atoms with E-state index in [-0.39, 0.29) is 6.04 Å². The van der Waals surface area contributed by atoms with Crippen molar-refractivity contribution in [1.29, 1.82) is 0 Å². The van der Waals surface area contributed by atoms with Gasteiger partial charge in [0.15, 0.2) is 0 Å². The highest BCUT2D eigenvalue weighted by atomic mass is 35.5. The van der Waals surface area contributed by atoms with Crippen LogP contribution >= 0.6 is 23.2 Å². The Labute approximate surface area is 104 Å². The maximum absolute atomic E-state index is 6.16. The van der Waals surface area contributed by atoms with Gasteiger partial charge in [-0.2, -0.15) is 0 Å². The molecule has 1 aromatic heterocycles. The van der Waals surface area contributed by atoms with E-state index in [2.05, 4.69) is 5.32 Å². The number of halogens is 2. The largest absolute Gasteiger partial charge is 0.472 e. The van der Waals surface area contributed by atoms with E-state index in [0.29, 0.717) is 10.0 Å². The predicted molar refractivity (Wildman–Crippen MR) is 66.1 cm³/mol. The molecule has 0 spiro atoms. The normalized spacial score (nSPS) is 12.7. The molecule has 0 fully saturated rings. The van der Waals surface area contributed by atoms with E-state index >= 15 is 0 Å². The van der Waals surface area contributed by atoms with E-state index in [1.54, 1.807) is 18.6 Å². The zero-order valence-electron chi connectivity index (χ0n) is 8.71. The third-order valence-electron chi connectivity index (χ3n) is 2.44. The summed E-state index contributed by atoms with van der Waals surface area (Å²) in [5.74, 6) is 0. The Morgan fingerprint density at radius 1 is 1.25 bits per heavy atom. The van der Waals surface area contributed by atoms with Gasteiger partial charge >= 0.3 is 0 Å². The number of hydrogen-bond donors (Lipinski definition) is 1. The Hall–Kier alpha value is -0.960. The molecule has 0 saturated heterocycles. The van der Waals surface area contributed by atoms with Crippen molar-refractivity contribution in [2.45, 2.75) is 6.04 Å². The standard InChI is InChI=1S/C12H11Cl2NO/c1-15-12(8-4-5-16-7-8)10-3-2-9(13)6-11(10)14/h2-7,12,15H,1H3. The second-order valence-corrected chi connectivity index (χ2v) is 4.29. The van der Waals surface area contributed by atoms with E-state index in [0.717, 1.165) is 11.1 Å². The average Bonchev–Trinajstić information content (AvgIpc) is 2.75. The lowest BCUT2D eigenvalue weighted by molar-refractivity contribution is 0.557. The van der Waals surface area contributed by atoms with Crippen molar-refractivity contribution in [2.24, 2.45) is 0 Å². The Kier molecular flexibility index (Phi) is 3.54. The lowest BCUT2D eigenvalue weighted by Gasteiger charge is -2.16. The summed E-state index contributed by atoms with van der Waals surface area (Å²) in [7, 11) is 1.88. The minimum Gasteiger partial charge on any atom is -0.472 e. The lowest BCUT2D eigenvalue weighted by atomic mass is 10.0. The van der Waals surface area contributed by atoms with Crippen LogP contribution in [-0.4, -0.2) is 7.05 Å². The van der Waals surface area contributed by atoms with Gasteiger partial charge in [0.2, 0.25) is 0 Å². The molecule has 2 nitrogen and oxygen atoms in total. The van der Waals surface area contributed by atoms with Crippen molar-refractivity contribution < 1.29 is 4.42 Å². The van der Waals surface area contributed by atoms with Gasteiger partial charge in [-0.25, -0.2) is 0 Å². The minimum atomic E-state index is 0.0171. The topological polar surface area (TPSA) is 25.2 Å². The zero-order chi connectivity index (χ0) is 11.5. The van der Waals surface area contributed by atoms with Crippen molar-refractivity contribution in [2.75, 3.05) is 7.05 Å². The van der Waals surface area contributed by atoms with Crippen LogP contribution < -0.4 is 5.32 Å². The Morgan fingerprint density at radius 3 is 2.62 bits per heavy atom. The Morgan fingerprint density at radius 2 is 2.06 bits per heavy atom.